The van der Waals surface area contributed by atoms with Gasteiger partial charge in [0, 0.05) is 6.54 Å². The van der Waals surface area contributed by atoms with Crippen molar-refractivity contribution in [1.82, 2.24) is 4.90 Å². The molecule has 78 valence electrons. The average Bonchev–Trinajstić information content (AvgIpc) is 2.50. The van der Waals surface area contributed by atoms with Crippen LogP contribution in [0.4, 0.5) is 13.2 Å². The molecule has 14 heavy (non-hydrogen) atoms. The monoisotopic (exact) mass is 205 g/mol. The Bertz CT molecular complexity index is 280. The van der Waals surface area contributed by atoms with Gasteiger partial charge in [-0.25, -0.2) is 0 Å². The second-order valence-electron chi connectivity index (χ2n) is 2.90. The molecular weight excluding hydrogens is 195 g/mol. The van der Waals surface area contributed by atoms with E-state index in [0.717, 1.165) is 4.90 Å². The topological polar surface area (TPSA) is 20.3 Å². The minimum absolute atomic E-state index is 0.0212. The molecule has 0 radical (unpaired) electrons. The average molecular weight is 205 g/mol. The van der Waals surface area contributed by atoms with Crippen LogP contribution in [0.3, 0.4) is 0 Å². The molecule has 1 rings (SSSR count). The molecule has 1 aliphatic rings. The van der Waals surface area contributed by atoms with E-state index in [2.05, 4.69) is 0 Å². The van der Waals surface area contributed by atoms with Crippen molar-refractivity contribution >= 4 is 5.91 Å². The zero-order chi connectivity index (χ0) is 10.8. The molecule has 2 nitrogen and oxygen atoms in total. The zero-order valence-electron chi connectivity index (χ0n) is 7.58. The maximum absolute atomic E-state index is 12.1. The van der Waals surface area contributed by atoms with Crippen molar-refractivity contribution in [3.8, 4) is 0 Å². The summed E-state index contributed by atoms with van der Waals surface area (Å²) < 4.78 is 36.2. The smallest absolute Gasteiger partial charge is 0.321 e. The first kappa shape index (κ1) is 10.8. The van der Waals surface area contributed by atoms with E-state index < -0.39 is 18.1 Å². The van der Waals surface area contributed by atoms with E-state index >= 15 is 0 Å². The lowest BCUT2D eigenvalue weighted by molar-refractivity contribution is -0.185. The molecule has 1 heterocycles. The van der Waals surface area contributed by atoms with Gasteiger partial charge < -0.3 is 4.90 Å². The fourth-order valence-electron chi connectivity index (χ4n) is 1.29. The van der Waals surface area contributed by atoms with Gasteiger partial charge in [0.2, 0.25) is 0 Å². The highest BCUT2D eigenvalue weighted by molar-refractivity contribution is 5.83. The first-order chi connectivity index (χ1) is 6.46. The lowest BCUT2D eigenvalue weighted by atomic mass is 10.2. The number of allylic oxidation sites excluding steroid dienone is 1. The van der Waals surface area contributed by atoms with Crippen molar-refractivity contribution in [2.24, 2.45) is 0 Å². The maximum Gasteiger partial charge on any atom is 0.471 e. The highest BCUT2D eigenvalue weighted by atomic mass is 19.4. The molecule has 0 aromatic carbocycles. The molecule has 0 spiro atoms. The van der Waals surface area contributed by atoms with E-state index in [1.165, 1.54) is 0 Å². The van der Waals surface area contributed by atoms with Gasteiger partial charge in [0.1, 0.15) is 0 Å². The van der Waals surface area contributed by atoms with Gasteiger partial charge in [-0.15, -0.1) is 0 Å². The van der Waals surface area contributed by atoms with Crippen molar-refractivity contribution in [1.29, 1.82) is 0 Å². The minimum Gasteiger partial charge on any atom is -0.321 e. The van der Waals surface area contributed by atoms with E-state index in [0.29, 0.717) is 0 Å². The number of hydrogen-bond donors (Lipinski definition) is 0. The molecule has 0 saturated heterocycles. The van der Waals surface area contributed by atoms with E-state index in [-0.39, 0.29) is 6.54 Å². The van der Waals surface area contributed by atoms with Crippen LogP contribution in [0.2, 0.25) is 0 Å². The van der Waals surface area contributed by atoms with Crippen LogP contribution < -0.4 is 0 Å². The molecule has 0 unspecified atom stereocenters. The van der Waals surface area contributed by atoms with Crippen molar-refractivity contribution in [3.05, 3.63) is 24.3 Å². The summed E-state index contributed by atoms with van der Waals surface area (Å²) >= 11 is 0. The number of hydrogen-bond acceptors (Lipinski definition) is 1. The van der Waals surface area contributed by atoms with E-state index in [4.69, 9.17) is 0 Å². The highest BCUT2D eigenvalue weighted by Crippen LogP contribution is 2.22. The van der Waals surface area contributed by atoms with Crippen molar-refractivity contribution in [2.45, 2.75) is 19.1 Å². The van der Waals surface area contributed by atoms with Crippen molar-refractivity contribution in [3.63, 3.8) is 0 Å². The molecule has 1 atom stereocenters. The van der Waals surface area contributed by atoms with Crippen LogP contribution >= 0.6 is 0 Å². The van der Waals surface area contributed by atoms with Gasteiger partial charge in [-0.05, 0) is 6.92 Å². The number of amides is 1. The largest absolute Gasteiger partial charge is 0.471 e. The molecule has 0 aromatic rings. The Morgan fingerprint density at radius 1 is 1.57 bits per heavy atom. The number of halogens is 3. The Morgan fingerprint density at radius 2 is 2.21 bits per heavy atom. The summed E-state index contributed by atoms with van der Waals surface area (Å²) in [5.41, 5.74) is 0. The van der Waals surface area contributed by atoms with Crippen LogP contribution in [-0.2, 0) is 4.79 Å². The predicted octanol–water partition coefficient (Wildman–Crippen LogP) is 1.89. The highest BCUT2D eigenvalue weighted by Gasteiger charge is 2.44. The molecule has 5 heteroatoms. The van der Waals surface area contributed by atoms with Crippen LogP contribution in [0.1, 0.15) is 6.92 Å². The third-order valence-corrected chi connectivity index (χ3v) is 1.89. The Kier molecular flexibility index (Phi) is 2.98. The van der Waals surface area contributed by atoms with Gasteiger partial charge in [-0.2, -0.15) is 13.2 Å². The zero-order valence-corrected chi connectivity index (χ0v) is 7.58. The second-order valence-corrected chi connectivity index (χ2v) is 2.90. The molecule has 0 fully saturated rings. The fraction of sp³-hybridized carbons (Fsp3) is 0.444. The van der Waals surface area contributed by atoms with Crippen LogP contribution in [0, 0.1) is 0 Å². The summed E-state index contributed by atoms with van der Waals surface area (Å²) in [5.74, 6) is -1.79. The molecule has 0 saturated carbocycles. The Labute approximate surface area is 79.7 Å². The number of nitrogens with zero attached hydrogens (tertiary/aromatic N) is 1. The van der Waals surface area contributed by atoms with Gasteiger partial charge in [0.05, 0.1) is 6.04 Å². The summed E-state index contributed by atoms with van der Waals surface area (Å²) in [5, 5.41) is 0. The minimum atomic E-state index is -4.79. The van der Waals surface area contributed by atoms with E-state index in [1.807, 2.05) is 0 Å². The quantitative estimate of drug-likeness (QED) is 0.598. The first-order valence-electron chi connectivity index (χ1n) is 4.14. The van der Waals surface area contributed by atoms with Crippen molar-refractivity contribution < 1.29 is 18.0 Å². The summed E-state index contributed by atoms with van der Waals surface area (Å²) in [4.78, 5) is 11.7. The third-order valence-electron chi connectivity index (χ3n) is 1.89. The Balaban J connectivity index is 2.75. The molecule has 0 aliphatic carbocycles. The van der Waals surface area contributed by atoms with Gasteiger partial charge in [0.15, 0.2) is 0 Å². The summed E-state index contributed by atoms with van der Waals surface area (Å²) in [6, 6.07) is -0.561. The second kappa shape index (κ2) is 3.86. The lowest BCUT2D eigenvalue weighted by Crippen LogP contribution is -2.43. The molecule has 0 aromatic heterocycles. The van der Waals surface area contributed by atoms with Gasteiger partial charge in [-0.3, -0.25) is 4.79 Å². The molecule has 0 N–H and O–H groups in total. The Hall–Kier alpha value is -1.26. The summed E-state index contributed by atoms with van der Waals surface area (Å²) in [6.45, 7) is 1.72. The Morgan fingerprint density at radius 3 is 2.71 bits per heavy atom. The van der Waals surface area contributed by atoms with Crippen molar-refractivity contribution in [2.75, 3.05) is 6.54 Å². The van der Waals surface area contributed by atoms with E-state index in [9.17, 15) is 18.0 Å². The lowest BCUT2D eigenvalue weighted by Gasteiger charge is -2.23. The van der Waals surface area contributed by atoms with Crippen LogP contribution in [-0.4, -0.2) is 29.6 Å². The summed E-state index contributed by atoms with van der Waals surface area (Å²) in [6.07, 6.45) is 1.51. The van der Waals surface area contributed by atoms with E-state index in [1.54, 1.807) is 31.2 Å². The molecule has 1 aliphatic heterocycles. The fourth-order valence-corrected chi connectivity index (χ4v) is 1.29. The number of rotatable bonds is 1. The SMILES string of the molecule is C/C=C/[C@@H]1C=CCN1C(=O)C(F)(F)F. The molecule has 1 amide bonds. The predicted molar refractivity (Wildman–Crippen MR) is 45.5 cm³/mol. The first-order valence-corrected chi connectivity index (χ1v) is 4.14. The van der Waals surface area contributed by atoms with Gasteiger partial charge >= 0.3 is 12.1 Å². The summed E-state index contributed by atoms with van der Waals surface area (Å²) in [7, 11) is 0. The van der Waals surface area contributed by atoms with Crippen LogP contribution in [0.5, 0.6) is 0 Å². The number of carbonyl (C=O) groups excluding carboxylic acids is 1. The standard InChI is InChI=1S/C9H10F3NO/c1-2-4-7-5-3-6-13(7)8(14)9(10,11)12/h2-5,7H,6H2,1H3/b4-2+/t7-/m1/s1. The van der Waals surface area contributed by atoms with Crippen LogP contribution in [0.15, 0.2) is 24.3 Å². The maximum atomic E-state index is 12.1. The molecular formula is C9H10F3NO. The van der Waals surface area contributed by atoms with Gasteiger partial charge in [-0.1, -0.05) is 24.3 Å². The van der Waals surface area contributed by atoms with Gasteiger partial charge in [0.25, 0.3) is 0 Å². The number of carbonyl (C=O) groups is 1. The number of alkyl halides is 3. The molecule has 0 bridgehead atoms. The third kappa shape index (κ3) is 2.16. The van der Waals surface area contributed by atoms with Crippen LogP contribution in [0.25, 0.3) is 0 Å². The normalized spacial score (nSPS) is 22.3.